The number of carboxylic acids is 1. The minimum absolute atomic E-state index is 0.00791. The van der Waals surface area contributed by atoms with Crippen molar-refractivity contribution in [3.63, 3.8) is 0 Å². The highest BCUT2D eigenvalue weighted by molar-refractivity contribution is 5.85. The van der Waals surface area contributed by atoms with E-state index >= 15 is 0 Å². The first-order valence-corrected chi connectivity index (χ1v) is 5.93. The second-order valence-corrected chi connectivity index (χ2v) is 4.64. The lowest BCUT2D eigenvalue weighted by Gasteiger charge is -2.38. The molecule has 0 aromatic carbocycles. The third kappa shape index (κ3) is 2.38. The molecule has 2 unspecified atom stereocenters. The number of anilines is 1. The van der Waals surface area contributed by atoms with Crippen LogP contribution in [0.5, 0.6) is 0 Å². The summed E-state index contributed by atoms with van der Waals surface area (Å²) in [6.45, 7) is 5.37. The summed E-state index contributed by atoms with van der Waals surface area (Å²) in [5, 5.41) is 16.5. The molecule has 1 aliphatic heterocycles. The Labute approximate surface area is 100 Å². The van der Waals surface area contributed by atoms with E-state index in [1.54, 1.807) is 6.07 Å². The number of carboxylic acid groups (broad SMARTS) is 1. The standard InChI is InChI=1S/C12H17N3O2/c1-8-4-3-7-15(9(8)2)11-6-5-10(12(16)17)13-14-11/h5-6,8-9H,3-4,7H2,1-2H3,(H,16,17). The summed E-state index contributed by atoms with van der Waals surface area (Å²) in [5.74, 6) is 0.364. The highest BCUT2D eigenvalue weighted by Crippen LogP contribution is 2.26. The number of carbonyl (C=O) groups is 1. The lowest BCUT2D eigenvalue weighted by atomic mass is 9.92. The summed E-state index contributed by atoms with van der Waals surface area (Å²) in [6.07, 6.45) is 2.38. The average Bonchev–Trinajstić information content (AvgIpc) is 2.33. The molecule has 0 radical (unpaired) electrons. The maximum absolute atomic E-state index is 10.7. The van der Waals surface area contributed by atoms with E-state index in [1.165, 1.54) is 12.5 Å². The molecule has 1 aliphatic rings. The zero-order valence-electron chi connectivity index (χ0n) is 10.1. The van der Waals surface area contributed by atoms with E-state index in [0.717, 1.165) is 18.8 Å². The van der Waals surface area contributed by atoms with E-state index in [4.69, 9.17) is 5.11 Å². The van der Waals surface area contributed by atoms with Crippen molar-refractivity contribution in [2.45, 2.75) is 32.7 Å². The summed E-state index contributed by atoms with van der Waals surface area (Å²) in [4.78, 5) is 12.9. The highest BCUT2D eigenvalue weighted by atomic mass is 16.4. The highest BCUT2D eigenvalue weighted by Gasteiger charge is 2.25. The van der Waals surface area contributed by atoms with Gasteiger partial charge in [-0.3, -0.25) is 0 Å². The molecule has 1 aromatic heterocycles. The number of hydrogen-bond donors (Lipinski definition) is 1. The Morgan fingerprint density at radius 3 is 2.76 bits per heavy atom. The van der Waals surface area contributed by atoms with Crippen LogP contribution >= 0.6 is 0 Å². The minimum atomic E-state index is -1.04. The van der Waals surface area contributed by atoms with Crippen LogP contribution in [0, 0.1) is 5.92 Å². The van der Waals surface area contributed by atoms with Crippen molar-refractivity contribution in [1.82, 2.24) is 10.2 Å². The third-order valence-electron chi connectivity index (χ3n) is 3.54. The van der Waals surface area contributed by atoms with E-state index in [2.05, 4.69) is 28.9 Å². The number of hydrogen-bond acceptors (Lipinski definition) is 4. The number of aromatic carboxylic acids is 1. The smallest absolute Gasteiger partial charge is 0.356 e. The molecule has 1 fully saturated rings. The normalized spacial score (nSPS) is 24.7. The summed E-state index contributed by atoms with van der Waals surface area (Å²) in [6, 6.07) is 3.68. The molecular weight excluding hydrogens is 218 g/mol. The van der Waals surface area contributed by atoms with Crippen molar-refractivity contribution in [2.24, 2.45) is 5.92 Å². The summed E-state index contributed by atoms with van der Waals surface area (Å²) >= 11 is 0. The molecule has 0 aliphatic carbocycles. The maximum atomic E-state index is 10.7. The summed E-state index contributed by atoms with van der Waals surface area (Å²) in [5.41, 5.74) is -0.00791. The SMILES string of the molecule is CC1CCCN(c2ccc(C(=O)O)nn2)C1C. The van der Waals surface area contributed by atoms with E-state index < -0.39 is 5.97 Å². The molecule has 0 bridgehead atoms. The number of nitrogens with zero attached hydrogens (tertiary/aromatic N) is 3. The Morgan fingerprint density at radius 2 is 2.18 bits per heavy atom. The molecule has 2 atom stereocenters. The molecule has 17 heavy (non-hydrogen) atoms. The number of piperidine rings is 1. The number of rotatable bonds is 2. The molecule has 1 aromatic rings. The predicted octanol–water partition coefficient (Wildman–Crippen LogP) is 1.80. The van der Waals surface area contributed by atoms with Crippen LogP contribution < -0.4 is 4.90 Å². The summed E-state index contributed by atoms with van der Waals surface area (Å²) < 4.78 is 0. The van der Waals surface area contributed by atoms with Gasteiger partial charge in [0, 0.05) is 12.6 Å². The first-order chi connectivity index (χ1) is 8.09. The fourth-order valence-electron chi connectivity index (χ4n) is 2.25. The maximum Gasteiger partial charge on any atom is 0.356 e. The first-order valence-electron chi connectivity index (χ1n) is 5.93. The van der Waals surface area contributed by atoms with Crippen LogP contribution in [-0.2, 0) is 0 Å². The van der Waals surface area contributed by atoms with E-state index in [9.17, 15) is 4.79 Å². The van der Waals surface area contributed by atoms with Gasteiger partial charge in [-0.25, -0.2) is 4.79 Å². The van der Waals surface area contributed by atoms with Crippen molar-refractivity contribution in [1.29, 1.82) is 0 Å². The van der Waals surface area contributed by atoms with Crippen molar-refractivity contribution in [2.75, 3.05) is 11.4 Å². The van der Waals surface area contributed by atoms with Gasteiger partial charge in [0.2, 0.25) is 0 Å². The van der Waals surface area contributed by atoms with Crippen LogP contribution in [0.3, 0.4) is 0 Å². The van der Waals surface area contributed by atoms with Crippen LogP contribution in [0.4, 0.5) is 5.82 Å². The van der Waals surface area contributed by atoms with Gasteiger partial charge < -0.3 is 10.0 Å². The van der Waals surface area contributed by atoms with Crippen LogP contribution in [0.1, 0.15) is 37.2 Å². The Kier molecular flexibility index (Phi) is 3.26. The quantitative estimate of drug-likeness (QED) is 0.846. The molecule has 5 nitrogen and oxygen atoms in total. The molecule has 1 saturated heterocycles. The number of aromatic nitrogens is 2. The van der Waals surface area contributed by atoms with Crippen molar-refractivity contribution < 1.29 is 9.90 Å². The van der Waals surface area contributed by atoms with E-state index in [-0.39, 0.29) is 5.69 Å². The summed E-state index contributed by atoms with van der Waals surface area (Å²) in [7, 11) is 0. The first kappa shape index (κ1) is 11.8. The molecule has 2 rings (SSSR count). The van der Waals surface area contributed by atoms with Crippen LogP contribution in [-0.4, -0.2) is 33.9 Å². The molecule has 0 amide bonds. The van der Waals surface area contributed by atoms with Gasteiger partial charge in [-0.05, 0) is 37.8 Å². The van der Waals surface area contributed by atoms with Gasteiger partial charge in [-0.15, -0.1) is 10.2 Å². The second-order valence-electron chi connectivity index (χ2n) is 4.64. The van der Waals surface area contributed by atoms with Gasteiger partial charge in [0.05, 0.1) is 0 Å². The van der Waals surface area contributed by atoms with Crippen molar-refractivity contribution in [3.8, 4) is 0 Å². The van der Waals surface area contributed by atoms with Gasteiger partial charge in [-0.1, -0.05) is 6.92 Å². The average molecular weight is 235 g/mol. The fraction of sp³-hybridized carbons (Fsp3) is 0.583. The molecule has 0 saturated carbocycles. The van der Waals surface area contributed by atoms with Gasteiger partial charge in [0.15, 0.2) is 11.5 Å². The topological polar surface area (TPSA) is 66.3 Å². The Balaban J connectivity index is 2.19. The Bertz CT molecular complexity index is 405. The molecular formula is C12H17N3O2. The lowest BCUT2D eigenvalue weighted by molar-refractivity contribution is 0.0689. The van der Waals surface area contributed by atoms with Gasteiger partial charge in [0.1, 0.15) is 0 Å². The van der Waals surface area contributed by atoms with Crippen molar-refractivity contribution in [3.05, 3.63) is 17.8 Å². The fourth-order valence-corrected chi connectivity index (χ4v) is 2.25. The van der Waals surface area contributed by atoms with Crippen LogP contribution in [0.2, 0.25) is 0 Å². The van der Waals surface area contributed by atoms with Gasteiger partial charge >= 0.3 is 5.97 Å². The molecule has 5 heteroatoms. The second kappa shape index (κ2) is 4.69. The van der Waals surface area contributed by atoms with Gasteiger partial charge in [-0.2, -0.15) is 0 Å². The zero-order chi connectivity index (χ0) is 12.4. The molecule has 1 N–H and O–H groups in total. The van der Waals surface area contributed by atoms with Gasteiger partial charge in [0.25, 0.3) is 0 Å². The Morgan fingerprint density at radius 1 is 1.41 bits per heavy atom. The molecule has 2 heterocycles. The van der Waals surface area contributed by atoms with E-state index in [0.29, 0.717) is 12.0 Å². The zero-order valence-corrected chi connectivity index (χ0v) is 10.1. The minimum Gasteiger partial charge on any atom is -0.476 e. The lowest BCUT2D eigenvalue weighted by Crippen LogP contribution is -2.43. The van der Waals surface area contributed by atoms with Crippen LogP contribution in [0.15, 0.2) is 12.1 Å². The van der Waals surface area contributed by atoms with E-state index in [1.807, 2.05) is 0 Å². The predicted molar refractivity (Wildman–Crippen MR) is 64.2 cm³/mol. The molecule has 92 valence electrons. The largest absolute Gasteiger partial charge is 0.476 e. The van der Waals surface area contributed by atoms with Crippen molar-refractivity contribution >= 4 is 11.8 Å². The third-order valence-corrected chi connectivity index (χ3v) is 3.54. The Hall–Kier alpha value is -1.65. The molecule has 0 spiro atoms. The van der Waals surface area contributed by atoms with Crippen LogP contribution in [0.25, 0.3) is 0 Å². The monoisotopic (exact) mass is 235 g/mol.